The number of benzene rings is 2. The summed E-state index contributed by atoms with van der Waals surface area (Å²) < 4.78 is 0. The molecule has 0 saturated carbocycles. The minimum atomic E-state index is -0.592. The largest absolute Gasteiger partial charge is 0.342 e. The van der Waals surface area contributed by atoms with Crippen LogP contribution in [0, 0.1) is 0 Å². The molecule has 0 aliphatic rings. The highest BCUT2D eigenvalue weighted by Gasteiger charge is 2.28. The number of halogens is 1. The molecule has 21 heavy (non-hydrogen) atoms. The molecule has 0 radical (unpaired) electrons. The van der Waals surface area contributed by atoms with Crippen LogP contribution >= 0.6 is 23.4 Å². The molecule has 0 bridgehead atoms. The third kappa shape index (κ3) is 3.60. The van der Waals surface area contributed by atoms with E-state index >= 15 is 0 Å². The number of nitrogens with one attached hydrogen (secondary N) is 1. The third-order valence-electron chi connectivity index (χ3n) is 3.42. The molecule has 0 aromatic heterocycles. The SMILES string of the molecule is CSc1ccccc1C(=O)NC(C)(CCl)c1ccccc1. The smallest absolute Gasteiger partial charge is 0.253 e. The van der Waals surface area contributed by atoms with Gasteiger partial charge in [-0.3, -0.25) is 4.79 Å². The van der Waals surface area contributed by atoms with Crippen LogP contribution in [-0.2, 0) is 5.54 Å². The highest BCUT2D eigenvalue weighted by molar-refractivity contribution is 7.98. The molecule has 4 heteroatoms. The molecule has 1 atom stereocenters. The van der Waals surface area contributed by atoms with Crippen molar-refractivity contribution in [1.82, 2.24) is 5.32 Å². The van der Waals surface area contributed by atoms with Crippen LogP contribution in [0.15, 0.2) is 59.5 Å². The molecule has 2 aromatic carbocycles. The van der Waals surface area contributed by atoms with Gasteiger partial charge < -0.3 is 5.32 Å². The van der Waals surface area contributed by atoms with Gasteiger partial charge in [-0.2, -0.15) is 0 Å². The Hall–Kier alpha value is -1.45. The molecular formula is C17H18ClNOS. The van der Waals surface area contributed by atoms with Crippen molar-refractivity contribution in [1.29, 1.82) is 0 Å². The van der Waals surface area contributed by atoms with Gasteiger partial charge in [0.05, 0.1) is 11.1 Å². The van der Waals surface area contributed by atoms with Gasteiger partial charge in [-0.15, -0.1) is 23.4 Å². The Morgan fingerprint density at radius 3 is 2.38 bits per heavy atom. The van der Waals surface area contributed by atoms with Crippen molar-refractivity contribution in [3.63, 3.8) is 0 Å². The lowest BCUT2D eigenvalue weighted by Gasteiger charge is -2.29. The molecule has 110 valence electrons. The molecule has 2 rings (SSSR count). The van der Waals surface area contributed by atoms with Crippen molar-refractivity contribution in [3.05, 3.63) is 65.7 Å². The number of carbonyl (C=O) groups is 1. The van der Waals surface area contributed by atoms with Crippen LogP contribution in [0.5, 0.6) is 0 Å². The molecule has 1 unspecified atom stereocenters. The summed E-state index contributed by atoms with van der Waals surface area (Å²) in [5, 5.41) is 3.07. The fourth-order valence-electron chi connectivity index (χ4n) is 2.14. The standard InChI is InChI=1S/C17H18ClNOS/c1-17(12-18,13-8-4-3-5-9-13)19-16(20)14-10-6-7-11-15(14)21-2/h3-11H,12H2,1-2H3,(H,19,20). The molecule has 0 heterocycles. The number of thioether (sulfide) groups is 1. The number of hydrogen-bond acceptors (Lipinski definition) is 2. The van der Waals surface area contributed by atoms with E-state index in [1.54, 1.807) is 11.8 Å². The molecule has 1 amide bonds. The fourth-order valence-corrected chi connectivity index (χ4v) is 2.96. The number of hydrogen-bond donors (Lipinski definition) is 1. The number of alkyl halides is 1. The lowest BCUT2D eigenvalue weighted by Crippen LogP contribution is -2.45. The number of carbonyl (C=O) groups excluding carboxylic acids is 1. The van der Waals surface area contributed by atoms with Crippen molar-refractivity contribution in [2.45, 2.75) is 17.4 Å². The van der Waals surface area contributed by atoms with Crippen molar-refractivity contribution < 1.29 is 4.79 Å². The van der Waals surface area contributed by atoms with E-state index in [1.165, 1.54) is 0 Å². The predicted molar refractivity (Wildman–Crippen MR) is 90.2 cm³/mol. The second kappa shape index (κ2) is 7.01. The number of rotatable bonds is 5. The van der Waals surface area contributed by atoms with Crippen LogP contribution < -0.4 is 5.32 Å². The summed E-state index contributed by atoms with van der Waals surface area (Å²) in [7, 11) is 0. The van der Waals surface area contributed by atoms with Gasteiger partial charge in [0.15, 0.2) is 0 Å². The van der Waals surface area contributed by atoms with E-state index < -0.39 is 5.54 Å². The van der Waals surface area contributed by atoms with E-state index in [4.69, 9.17) is 11.6 Å². The molecule has 2 aromatic rings. The normalized spacial score (nSPS) is 13.5. The first-order valence-corrected chi connectivity index (χ1v) is 8.43. The molecule has 0 spiro atoms. The zero-order valence-electron chi connectivity index (χ0n) is 12.1. The lowest BCUT2D eigenvalue weighted by molar-refractivity contribution is 0.0910. The van der Waals surface area contributed by atoms with E-state index in [-0.39, 0.29) is 5.91 Å². The Balaban J connectivity index is 2.28. The summed E-state index contributed by atoms with van der Waals surface area (Å²) >= 11 is 7.69. The summed E-state index contributed by atoms with van der Waals surface area (Å²) in [6.07, 6.45) is 1.96. The van der Waals surface area contributed by atoms with Crippen molar-refractivity contribution in [3.8, 4) is 0 Å². The average Bonchev–Trinajstić information content (AvgIpc) is 2.55. The van der Waals surface area contributed by atoms with Crippen LogP contribution in [0.2, 0.25) is 0 Å². The number of amides is 1. The molecular weight excluding hydrogens is 302 g/mol. The molecule has 2 nitrogen and oxygen atoms in total. The summed E-state index contributed by atoms with van der Waals surface area (Å²) in [5.41, 5.74) is 1.08. The minimum absolute atomic E-state index is 0.105. The Morgan fingerprint density at radius 1 is 1.14 bits per heavy atom. The topological polar surface area (TPSA) is 29.1 Å². The van der Waals surface area contributed by atoms with Gasteiger partial charge in [-0.1, -0.05) is 42.5 Å². The van der Waals surface area contributed by atoms with Gasteiger partial charge in [0.1, 0.15) is 0 Å². The molecule has 0 aliphatic heterocycles. The summed E-state index contributed by atoms with van der Waals surface area (Å²) in [6, 6.07) is 17.4. The quantitative estimate of drug-likeness (QED) is 0.658. The van der Waals surface area contributed by atoms with Gasteiger partial charge in [-0.05, 0) is 30.9 Å². The summed E-state index contributed by atoms with van der Waals surface area (Å²) in [4.78, 5) is 13.5. The zero-order valence-corrected chi connectivity index (χ0v) is 13.7. The Morgan fingerprint density at radius 2 is 1.76 bits per heavy atom. The van der Waals surface area contributed by atoms with Gasteiger partial charge in [0.25, 0.3) is 5.91 Å². The van der Waals surface area contributed by atoms with Gasteiger partial charge in [-0.25, -0.2) is 0 Å². The van der Waals surface area contributed by atoms with Crippen LogP contribution in [0.4, 0.5) is 0 Å². The van der Waals surface area contributed by atoms with E-state index in [0.717, 1.165) is 10.5 Å². The second-order valence-electron chi connectivity index (χ2n) is 4.99. The fraction of sp³-hybridized carbons (Fsp3) is 0.235. The summed E-state index contributed by atoms with van der Waals surface area (Å²) in [6.45, 7) is 1.94. The van der Waals surface area contributed by atoms with E-state index in [1.807, 2.05) is 67.8 Å². The molecule has 0 saturated heterocycles. The van der Waals surface area contributed by atoms with Crippen LogP contribution in [-0.4, -0.2) is 18.0 Å². The average molecular weight is 320 g/mol. The van der Waals surface area contributed by atoms with Crippen LogP contribution in [0.25, 0.3) is 0 Å². The van der Waals surface area contributed by atoms with E-state index in [0.29, 0.717) is 11.4 Å². The third-order valence-corrected chi connectivity index (χ3v) is 4.75. The molecule has 0 aliphatic carbocycles. The molecule has 0 fully saturated rings. The maximum atomic E-state index is 12.6. The Labute approximate surface area is 134 Å². The van der Waals surface area contributed by atoms with Gasteiger partial charge >= 0.3 is 0 Å². The van der Waals surface area contributed by atoms with Gasteiger partial charge in [0.2, 0.25) is 0 Å². The van der Waals surface area contributed by atoms with Crippen molar-refractivity contribution >= 4 is 29.3 Å². The van der Waals surface area contributed by atoms with Gasteiger partial charge in [0, 0.05) is 10.8 Å². The second-order valence-corrected chi connectivity index (χ2v) is 6.10. The van der Waals surface area contributed by atoms with E-state index in [9.17, 15) is 4.79 Å². The first kappa shape index (κ1) is 15.9. The highest BCUT2D eigenvalue weighted by atomic mass is 35.5. The maximum absolute atomic E-state index is 12.6. The zero-order chi connectivity index (χ0) is 15.3. The molecule has 1 N–H and O–H groups in total. The minimum Gasteiger partial charge on any atom is -0.342 e. The Kier molecular flexibility index (Phi) is 5.32. The monoisotopic (exact) mass is 319 g/mol. The van der Waals surface area contributed by atoms with Crippen LogP contribution in [0.3, 0.4) is 0 Å². The van der Waals surface area contributed by atoms with E-state index in [2.05, 4.69) is 5.32 Å². The summed E-state index contributed by atoms with van der Waals surface area (Å²) in [5.74, 6) is 0.205. The first-order chi connectivity index (χ1) is 10.1. The lowest BCUT2D eigenvalue weighted by atomic mass is 9.93. The van der Waals surface area contributed by atoms with Crippen molar-refractivity contribution in [2.75, 3.05) is 12.1 Å². The van der Waals surface area contributed by atoms with Crippen LogP contribution in [0.1, 0.15) is 22.8 Å². The highest BCUT2D eigenvalue weighted by Crippen LogP contribution is 2.25. The first-order valence-electron chi connectivity index (χ1n) is 6.68. The Bertz CT molecular complexity index is 617. The predicted octanol–water partition coefficient (Wildman–Crippen LogP) is 4.29. The van der Waals surface area contributed by atoms with Crippen molar-refractivity contribution in [2.24, 2.45) is 0 Å². The maximum Gasteiger partial charge on any atom is 0.253 e.